The van der Waals surface area contributed by atoms with Gasteiger partial charge >= 0.3 is 0 Å². The summed E-state index contributed by atoms with van der Waals surface area (Å²) < 4.78 is 0. The minimum atomic E-state index is -0.585. The van der Waals surface area contributed by atoms with E-state index in [1.165, 1.54) is 18.2 Å². The molecule has 0 aromatic heterocycles. The molecule has 0 atom stereocenters. The van der Waals surface area contributed by atoms with E-state index in [0.717, 1.165) is 11.1 Å². The van der Waals surface area contributed by atoms with Gasteiger partial charge in [-0.05, 0) is 17.2 Å². The molecule has 106 valence electrons. The summed E-state index contributed by atoms with van der Waals surface area (Å²) in [6.45, 7) is 0.988. The van der Waals surface area contributed by atoms with Crippen molar-refractivity contribution in [3.8, 4) is 0 Å². The van der Waals surface area contributed by atoms with Crippen molar-refractivity contribution in [2.24, 2.45) is 0 Å². The smallest absolute Gasteiger partial charge is 0.288 e. The number of amides is 1. The van der Waals surface area contributed by atoms with E-state index in [1.54, 1.807) is 4.90 Å². The van der Waals surface area contributed by atoms with Crippen LogP contribution in [0.5, 0.6) is 0 Å². The van der Waals surface area contributed by atoms with Gasteiger partial charge in [-0.15, -0.1) is 0 Å². The van der Waals surface area contributed by atoms with Gasteiger partial charge in [0.1, 0.15) is 5.02 Å². The van der Waals surface area contributed by atoms with Gasteiger partial charge in [-0.2, -0.15) is 0 Å². The lowest BCUT2D eigenvalue weighted by Gasteiger charge is -2.16. The monoisotopic (exact) mass is 302 g/mol. The van der Waals surface area contributed by atoms with Gasteiger partial charge < -0.3 is 4.90 Å². The zero-order chi connectivity index (χ0) is 15.0. The largest absolute Gasteiger partial charge is 0.330 e. The van der Waals surface area contributed by atoms with Crippen LogP contribution in [-0.2, 0) is 13.1 Å². The summed E-state index contributed by atoms with van der Waals surface area (Å²) in [4.78, 5) is 24.5. The van der Waals surface area contributed by atoms with Gasteiger partial charge in [0, 0.05) is 19.2 Å². The molecule has 0 spiro atoms. The third-order valence-electron chi connectivity index (χ3n) is 3.53. The van der Waals surface area contributed by atoms with Gasteiger partial charge in [-0.25, -0.2) is 0 Å². The van der Waals surface area contributed by atoms with Gasteiger partial charge in [0.15, 0.2) is 0 Å². The van der Waals surface area contributed by atoms with Crippen LogP contribution < -0.4 is 0 Å². The van der Waals surface area contributed by atoms with E-state index in [2.05, 4.69) is 0 Å². The molecule has 1 aliphatic rings. The number of nitrogens with zero attached hydrogens (tertiary/aromatic N) is 2. The summed E-state index contributed by atoms with van der Waals surface area (Å²) in [7, 11) is 0. The van der Waals surface area contributed by atoms with E-state index in [1.807, 2.05) is 24.3 Å². The van der Waals surface area contributed by atoms with Crippen molar-refractivity contribution in [1.82, 2.24) is 4.90 Å². The van der Waals surface area contributed by atoms with E-state index in [0.29, 0.717) is 13.1 Å². The molecule has 5 nitrogen and oxygen atoms in total. The van der Waals surface area contributed by atoms with Gasteiger partial charge in [-0.1, -0.05) is 41.9 Å². The lowest BCUT2D eigenvalue weighted by atomic mass is 10.1. The molecule has 0 radical (unpaired) electrons. The van der Waals surface area contributed by atoms with Crippen LogP contribution in [0.25, 0.3) is 0 Å². The van der Waals surface area contributed by atoms with E-state index >= 15 is 0 Å². The zero-order valence-corrected chi connectivity index (χ0v) is 11.7. The lowest BCUT2D eigenvalue weighted by molar-refractivity contribution is -0.384. The van der Waals surface area contributed by atoms with Crippen molar-refractivity contribution in [3.63, 3.8) is 0 Å². The molecule has 1 amide bonds. The Morgan fingerprint density at radius 3 is 2.29 bits per heavy atom. The minimum Gasteiger partial charge on any atom is -0.330 e. The summed E-state index contributed by atoms with van der Waals surface area (Å²) in [5, 5.41) is 10.8. The van der Waals surface area contributed by atoms with Gasteiger partial charge in [0.25, 0.3) is 11.6 Å². The molecule has 0 fully saturated rings. The number of nitro benzene ring substituents is 1. The number of nitro groups is 1. The molecule has 0 saturated carbocycles. The summed E-state index contributed by atoms with van der Waals surface area (Å²) >= 11 is 6.00. The van der Waals surface area contributed by atoms with Gasteiger partial charge in [0.2, 0.25) is 0 Å². The second kappa shape index (κ2) is 5.18. The molecule has 3 rings (SSSR count). The summed E-state index contributed by atoms with van der Waals surface area (Å²) in [6.07, 6.45) is 0. The second-order valence-corrected chi connectivity index (χ2v) is 5.20. The maximum Gasteiger partial charge on any atom is 0.288 e. The predicted molar refractivity (Wildman–Crippen MR) is 78.1 cm³/mol. The number of hydrogen-bond donors (Lipinski definition) is 0. The van der Waals surface area contributed by atoms with Crippen molar-refractivity contribution in [1.29, 1.82) is 0 Å². The Labute approximate surface area is 125 Å². The highest BCUT2D eigenvalue weighted by molar-refractivity contribution is 6.35. The normalized spacial score (nSPS) is 13.1. The number of halogens is 1. The van der Waals surface area contributed by atoms with Crippen LogP contribution in [0.2, 0.25) is 5.02 Å². The average molecular weight is 303 g/mol. The Kier molecular flexibility index (Phi) is 3.35. The molecule has 1 aliphatic heterocycles. The quantitative estimate of drug-likeness (QED) is 0.631. The van der Waals surface area contributed by atoms with Crippen LogP contribution in [0.1, 0.15) is 21.5 Å². The molecule has 0 bridgehead atoms. The molecular weight excluding hydrogens is 292 g/mol. The van der Waals surface area contributed by atoms with Crippen LogP contribution in [-0.4, -0.2) is 15.7 Å². The molecule has 1 heterocycles. The lowest BCUT2D eigenvalue weighted by Crippen LogP contribution is -2.25. The Bertz CT molecular complexity index is 720. The first-order chi connectivity index (χ1) is 10.1. The molecule has 21 heavy (non-hydrogen) atoms. The van der Waals surface area contributed by atoms with Crippen LogP contribution in [0, 0.1) is 10.1 Å². The highest BCUT2D eigenvalue weighted by Crippen LogP contribution is 2.31. The van der Waals surface area contributed by atoms with Crippen molar-refractivity contribution >= 4 is 23.2 Å². The van der Waals surface area contributed by atoms with Crippen molar-refractivity contribution < 1.29 is 9.72 Å². The van der Waals surface area contributed by atoms with Crippen LogP contribution in [0.4, 0.5) is 5.69 Å². The van der Waals surface area contributed by atoms with E-state index < -0.39 is 4.92 Å². The van der Waals surface area contributed by atoms with E-state index in [-0.39, 0.29) is 22.2 Å². The number of carbonyl (C=O) groups excluding carboxylic acids is 1. The number of benzene rings is 2. The number of fused-ring (bicyclic) bond motifs is 1. The summed E-state index contributed by atoms with van der Waals surface area (Å²) in [6, 6.07) is 12.1. The van der Waals surface area contributed by atoms with E-state index in [9.17, 15) is 14.9 Å². The van der Waals surface area contributed by atoms with Gasteiger partial charge in [0.05, 0.1) is 10.5 Å². The molecule has 6 heteroatoms. The minimum absolute atomic E-state index is 0.108. The fourth-order valence-corrected chi connectivity index (χ4v) is 2.75. The highest BCUT2D eigenvalue weighted by atomic mass is 35.5. The molecule has 2 aromatic carbocycles. The Morgan fingerprint density at radius 2 is 1.71 bits per heavy atom. The maximum absolute atomic E-state index is 12.5. The summed E-state index contributed by atoms with van der Waals surface area (Å²) in [5.41, 5.74) is 2.10. The van der Waals surface area contributed by atoms with Crippen molar-refractivity contribution in [2.45, 2.75) is 13.1 Å². The topological polar surface area (TPSA) is 63.4 Å². The standard InChI is InChI=1S/C15H11ClN2O3/c16-14-12(6-3-7-13(14)18(20)21)15(19)17-8-10-4-1-2-5-11(10)9-17/h1-7H,8-9H2. The number of carbonyl (C=O) groups is 1. The fraction of sp³-hybridized carbons (Fsp3) is 0.133. The first-order valence-electron chi connectivity index (χ1n) is 6.37. The molecule has 0 unspecified atom stereocenters. The van der Waals surface area contributed by atoms with Crippen LogP contribution in [0.15, 0.2) is 42.5 Å². The Morgan fingerprint density at radius 1 is 1.10 bits per heavy atom. The molecular formula is C15H11ClN2O3. The SMILES string of the molecule is O=C(c1cccc([N+](=O)[O-])c1Cl)N1Cc2ccccc2C1. The van der Waals surface area contributed by atoms with Crippen molar-refractivity contribution in [2.75, 3.05) is 0 Å². The molecule has 0 aliphatic carbocycles. The number of rotatable bonds is 2. The third kappa shape index (κ3) is 2.36. The molecule has 0 N–H and O–H groups in total. The summed E-state index contributed by atoms with van der Waals surface area (Å²) in [5.74, 6) is -0.292. The fourth-order valence-electron chi connectivity index (χ4n) is 2.47. The Hall–Kier alpha value is -2.40. The van der Waals surface area contributed by atoms with Crippen molar-refractivity contribution in [3.05, 3.63) is 74.3 Å². The number of hydrogen-bond acceptors (Lipinski definition) is 3. The second-order valence-electron chi connectivity index (χ2n) is 4.83. The van der Waals surface area contributed by atoms with Crippen LogP contribution >= 0.6 is 11.6 Å². The molecule has 0 saturated heterocycles. The Balaban J connectivity index is 1.91. The maximum atomic E-state index is 12.5. The first-order valence-corrected chi connectivity index (χ1v) is 6.74. The highest BCUT2D eigenvalue weighted by Gasteiger charge is 2.27. The molecule has 2 aromatic rings. The van der Waals surface area contributed by atoms with Gasteiger partial charge in [-0.3, -0.25) is 14.9 Å². The van der Waals surface area contributed by atoms with E-state index in [4.69, 9.17) is 11.6 Å². The third-order valence-corrected chi connectivity index (χ3v) is 3.93. The first kappa shape index (κ1) is 13.6. The predicted octanol–water partition coefficient (Wildman–Crippen LogP) is 3.40. The van der Waals surface area contributed by atoms with Crippen LogP contribution in [0.3, 0.4) is 0 Å². The zero-order valence-electron chi connectivity index (χ0n) is 11.0. The average Bonchev–Trinajstić information content (AvgIpc) is 2.90.